The maximum Gasteiger partial charge on any atom is 0.307 e. The van der Waals surface area contributed by atoms with Crippen LogP contribution in [-0.2, 0) is 22.0 Å². The number of benzene rings is 1. The third-order valence-electron chi connectivity index (χ3n) is 4.11. The second-order valence-corrected chi connectivity index (χ2v) is 9.22. The molecule has 3 heteroatoms. The van der Waals surface area contributed by atoms with E-state index in [0.29, 0.717) is 12.2 Å². The Morgan fingerprint density at radius 1 is 1.04 bits per heavy atom. The predicted molar refractivity (Wildman–Crippen MR) is 103 cm³/mol. The number of hydrogen-bond acceptors (Lipinski definition) is 2. The first kappa shape index (κ1) is 21.5. The highest BCUT2D eigenvalue weighted by Gasteiger charge is 2.29. The van der Waals surface area contributed by atoms with Crippen LogP contribution in [-0.4, -0.2) is 16.2 Å². The molecule has 0 amide bonds. The molecule has 0 aromatic heterocycles. The minimum absolute atomic E-state index is 0.253. The molecular formula is C22H32O3. The van der Waals surface area contributed by atoms with E-state index < -0.39 is 17.3 Å². The summed E-state index contributed by atoms with van der Waals surface area (Å²) in [6.07, 6.45) is 1.87. The molecule has 0 bridgehead atoms. The second kappa shape index (κ2) is 7.01. The van der Waals surface area contributed by atoms with E-state index in [1.807, 2.05) is 53.7 Å². The third-order valence-corrected chi connectivity index (χ3v) is 4.11. The molecule has 1 aromatic rings. The lowest BCUT2D eigenvalue weighted by Gasteiger charge is -2.29. The molecule has 0 saturated carbocycles. The Bertz CT molecular complexity index is 587. The molecule has 0 aliphatic carbocycles. The molecule has 0 fully saturated rings. The number of carboxylic acids is 1. The monoisotopic (exact) mass is 344 g/mol. The zero-order valence-electron chi connectivity index (χ0n) is 16.4. The van der Waals surface area contributed by atoms with Crippen LogP contribution < -0.4 is 0 Å². The number of hydrogen-bond donors (Lipinski definition) is 2. The number of carboxylic acid groups (broad SMARTS) is 1. The smallest absolute Gasteiger partial charge is 0.307 e. The Hall–Kier alpha value is -1.51. The zero-order chi connectivity index (χ0) is 19.8. The van der Waals surface area contributed by atoms with Gasteiger partial charge in [-0.1, -0.05) is 53.7 Å². The lowest BCUT2D eigenvalue weighted by molar-refractivity contribution is -0.140. The van der Waals surface area contributed by atoms with Crippen LogP contribution in [0.2, 0.25) is 0 Å². The van der Waals surface area contributed by atoms with Crippen molar-refractivity contribution < 1.29 is 15.0 Å². The highest BCUT2D eigenvalue weighted by molar-refractivity contribution is 5.72. The first-order valence-corrected chi connectivity index (χ1v) is 8.54. The Kier molecular flexibility index (Phi) is 6.04. The Labute approximate surface area is 153 Å². The van der Waals surface area contributed by atoms with E-state index in [1.165, 1.54) is 0 Å². The number of aromatic hydroxyl groups is 1. The summed E-state index contributed by atoms with van der Waals surface area (Å²) in [4.78, 5) is 11.6. The predicted octanol–water partition coefficient (Wildman–Crippen LogP) is 4.92. The maximum absolute atomic E-state index is 11.6. The molecule has 0 spiro atoms. The summed E-state index contributed by atoms with van der Waals surface area (Å²) in [6, 6.07) is 3.82. The topological polar surface area (TPSA) is 57.5 Å². The van der Waals surface area contributed by atoms with Crippen molar-refractivity contribution in [3.63, 3.8) is 0 Å². The molecule has 0 heterocycles. The summed E-state index contributed by atoms with van der Waals surface area (Å²) in [7, 11) is 0. The van der Waals surface area contributed by atoms with Gasteiger partial charge in [0, 0.05) is 0 Å². The molecule has 2 N–H and O–H groups in total. The highest BCUT2D eigenvalue weighted by Crippen LogP contribution is 2.40. The van der Waals surface area contributed by atoms with Crippen LogP contribution in [0.4, 0.5) is 0 Å². The Balaban J connectivity index is 3.42. The Morgan fingerprint density at radius 2 is 1.44 bits per heavy atom. The average molecular weight is 344 g/mol. The second-order valence-electron chi connectivity index (χ2n) is 9.22. The van der Waals surface area contributed by atoms with Crippen LogP contribution in [0.1, 0.15) is 58.2 Å². The van der Waals surface area contributed by atoms with Crippen LogP contribution in [0.15, 0.2) is 12.1 Å². The summed E-state index contributed by atoms with van der Waals surface area (Å²) in [6.45, 7) is 23.5. The molecule has 1 aromatic carbocycles. The highest BCUT2D eigenvalue weighted by atomic mass is 16.4. The average Bonchev–Trinajstić information content (AvgIpc) is 2.35. The van der Waals surface area contributed by atoms with E-state index in [0.717, 1.165) is 16.7 Å². The fourth-order valence-corrected chi connectivity index (χ4v) is 2.85. The largest absolute Gasteiger partial charge is 0.507 e. The fourth-order valence-electron chi connectivity index (χ4n) is 2.85. The molecule has 25 heavy (non-hydrogen) atoms. The van der Waals surface area contributed by atoms with Crippen LogP contribution in [0.3, 0.4) is 0 Å². The number of rotatable bonds is 5. The van der Waals surface area contributed by atoms with E-state index in [1.54, 1.807) is 6.42 Å². The normalized spacial score (nSPS) is 14.4. The molecule has 1 unspecified atom stereocenters. The SMILES string of the molecule is [CH2]C([CH2])([CH2])[CH]C(Cc1cc(C(C)(C)C)c(O)c(C(C)(C)C)c1)C(=O)O. The van der Waals surface area contributed by atoms with Crippen molar-refractivity contribution in [2.45, 2.75) is 58.8 Å². The minimum atomic E-state index is -0.928. The van der Waals surface area contributed by atoms with Gasteiger partial charge in [0.2, 0.25) is 0 Å². The van der Waals surface area contributed by atoms with Gasteiger partial charge in [-0.3, -0.25) is 4.79 Å². The van der Waals surface area contributed by atoms with E-state index in [4.69, 9.17) is 0 Å². The van der Waals surface area contributed by atoms with Crippen molar-refractivity contribution in [2.75, 3.05) is 0 Å². The van der Waals surface area contributed by atoms with Crippen molar-refractivity contribution in [3.8, 4) is 5.75 Å². The lowest BCUT2D eigenvalue weighted by atomic mass is 9.76. The standard InChI is InChI=1S/C22H32O3/c1-20(2,3)13-15(19(24)25)10-14-11-16(21(4,5)6)18(23)17(12-14)22(7,8)9/h11-13,15,23H,1-3,10H2,4-9H3,(H,24,25). The lowest BCUT2D eigenvalue weighted by Crippen LogP contribution is -2.25. The van der Waals surface area contributed by atoms with Crippen molar-refractivity contribution in [1.82, 2.24) is 0 Å². The van der Waals surface area contributed by atoms with Gasteiger partial charge in [0.15, 0.2) is 0 Å². The van der Waals surface area contributed by atoms with Gasteiger partial charge in [0.1, 0.15) is 5.75 Å². The minimum Gasteiger partial charge on any atom is -0.507 e. The molecule has 1 atom stereocenters. The number of carbonyl (C=O) groups is 1. The quantitative estimate of drug-likeness (QED) is 0.797. The van der Waals surface area contributed by atoms with Gasteiger partial charge in [-0.15, -0.1) is 0 Å². The first-order valence-electron chi connectivity index (χ1n) is 8.54. The van der Waals surface area contributed by atoms with Gasteiger partial charge in [-0.25, -0.2) is 0 Å². The Morgan fingerprint density at radius 3 is 1.72 bits per heavy atom. The molecular weight excluding hydrogens is 312 g/mol. The fraction of sp³-hybridized carbons (Fsp3) is 0.500. The summed E-state index contributed by atoms with van der Waals surface area (Å²) in [5.41, 5.74) is 1.10. The molecule has 1 rings (SSSR count). The maximum atomic E-state index is 11.6. The van der Waals surface area contributed by atoms with Gasteiger partial charge in [0.25, 0.3) is 0 Å². The third kappa shape index (κ3) is 6.05. The van der Waals surface area contributed by atoms with E-state index in [2.05, 4.69) is 20.8 Å². The van der Waals surface area contributed by atoms with Crippen molar-refractivity contribution in [3.05, 3.63) is 56.0 Å². The molecule has 3 nitrogen and oxygen atoms in total. The summed E-state index contributed by atoms with van der Waals surface area (Å²) in [5.74, 6) is -1.37. The van der Waals surface area contributed by atoms with Crippen molar-refractivity contribution >= 4 is 5.97 Å². The molecule has 0 aliphatic rings. The van der Waals surface area contributed by atoms with Crippen LogP contribution in [0.5, 0.6) is 5.75 Å². The summed E-state index contributed by atoms with van der Waals surface area (Å²) < 4.78 is 0. The molecule has 0 aliphatic heterocycles. The van der Waals surface area contributed by atoms with E-state index >= 15 is 0 Å². The number of phenols is 1. The summed E-state index contributed by atoms with van der Waals surface area (Å²) >= 11 is 0. The van der Waals surface area contributed by atoms with Crippen LogP contribution in [0, 0.1) is 38.5 Å². The molecule has 4 radical (unpaired) electrons. The number of aliphatic carboxylic acids is 1. The summed E-state index contributed by atoms with van der Waals surface area (Å²) in [5, 5.41) is 20.3. The van der Waals surface area contributed by atoms with Gasteiger partial charge >= 0.3 is 5.97 Å². The van der Waals surface area contributed by atoms with E-state index in [-0.39, 0.29) is 10.8 Å². The van der Waals surface area contributed by atoms with Gasteiger partial charge < -0.3 is 10.2 Å². The molecule has 0 saturated heterocycles. The van der Waals surface area contributed by atoms with Gasteiger partial charge in [0.05, 0.1) is 5.92 Å². The van der Waals surface area contributed by atoms with Crippen molar-refractivity contribution in [1.29, 1.82) is 0 Å². The molecule has 138 valence electrons. The van der Waals surface area contributed by atoms with Crippen molar-refractivity contribution in [2.24, 2.45) is 11.3 Å². The van der Waals surface area contributed by atoms with Gasteiger partial charge in [-0.05, 0) is 66.5 Å². The first-order chi connectivity index (χ1) is 11.0. The van der Waals surface area contributed by atoms with Crippen LogP contribution in [0.25, 0.3) is 0 Å². The number of phenolic OH excluding ortho intramolecular Hbond substituents is 1. The van der Waals surface area contributed by atoms with Gasteiger partial charge in [-0.2, -0.15) is 0 Å². The zero-order valence-corrected chi connectivity index (χ0v) is 16.4. The van der Waals surface area contributed by atoms with E-state index in [9.17, 15) is 15.0 Å². The van der Waals surface area contributed by atoms with Crippen LogP contribution >= 0.6 is 0 Å².